The molecule has 0 saturated carbocycles. The summed E-state index contributed by atoms with van der Waals surface area (Å²) in [5, 5.41) is 5.33. The maximum absolute atomic E-state index is 6.20. The molecule has 0 N–H and O–H groups in total. The Bertz CT molecular complexity index is 1070. The van der Waals surface area contributed by atoms with Gasteiger partial charge in [-0.25, -0.2) is 4.98 Å². The van der Waals surface area contributed by atoms with Crippen molar-refractivity contribution < 1.29 is 0 Å². The van der Waals surface area contributed by atoms with Crippen LogP contribution < -0.4 is 0 Å². The molecule has 0 unspecified atom stereocenters. The molecule has 0 bridgehead atoms. The third-order valence-corrected chi connectivity index (χ3v) is 4.69. The van der Waals surface area contributed by atoms with E-state index in [1.807, 2.05) is 54.0 Å². The van der Waals surface area contributed by atoms with Crippen LogP contribution in [0.2, 0.25) is 5.02 Å². The summed E-state index contributed by atoms with van der Waals surface area (Å²) in [5.41, 5.74) is 3.93. The Morgan fingerprint density at radius 3 is 2.64 bits per heavy atom. The summed E-state index contributed by atoms with van der Waals surface area (Å²) in [4.78, 5) is 8.99. The number of halogens is 2. The third-order valence-electron chi connectivity index (χ3n) is 3.96. The highest BCUT2D eigenvalue weighted by atomic mass is 79.9. The van der Waals surface area contributed by atoms with Crippen molar-refractivity contribution in [3.05, 3.63) is 70.0 Å². The molecule has 2 aromatic heterocycles. The Morgan fingerprint density at radius 2 is 1.88 bits per heavy atom. The second kappa shape index (κ2) is 6.58. The van der Waals surface area contributed by atoms with Crippen molar-refractivity contribution in [2.45, 2.75) is 13.3 Å². The lowest BCUT2D eigenvalue weighted by Gasteiger charge is -2.12. The predicted molar refractivity (Wildman–Crippen MR) is 104 cm³/mol. The first-order valence-electron chi connectivity index (χ1n) is 7.92. The number of nitrogens with zero attached hydrogens (tertiary/aromatic N) is 4. The molecule has 0 aliphatic rings. The zero-order chi connectivity index (χ0) is 17.4. The molecule has 2 heterocycles. The summed E-state index contributed by atoms with van der Waals surface area (Å²) in [5.74, 6) is 1.37. The van der Waals surface area contributed by atoms with Crippen molar-refractivity contribution in [3.8, 4) is 22.4 Å². The van der Waals surface area contributed by atoms with Gasteiger partial charge < -0.3 is 0 Å². The van der Waals surface area contributed by atoms with Crippen LogP contribution in [0.1, 0.15) is 12.7 Å². The highest BCUT2D eigenvalue weighted by Crippen LogP contribution is 2.33. The maximum Gasteiger partial charge on any atom is 0.252 e. The minimum atomic E-state index is 0.595. The Hall–Kier alpha value is -2.24. The molecule has 0 aliphatic carbocycles. The lowest BCUT2D eigenvalue weighted by Crippen LogP contribution is -2.00. The number of aromatic nitrogens is 4. The Kier molecular flexibility index (Phi) is 4.27. The van der Waals surface area contributed by atoms with E-state index in [0.29, 0.717) is 10.8 Å². The van der Waals surface area contributed by atoms with Gasteiger partial charge in [0, 0.05) is 33.2 Å². The lowest BCUT2D eigenvalue weighted by atomic mass is 10.0. The summed E-state index contributed by atoms with van der Waals surface area (Å²) < 4.78 is 2.82. The fraction of sp³-hybridized carbons (Fsp3) is 0.105. The predicted octanol–water partition coefficient (Wildman–Crippen LogP) is 5.44. The molecule has 0 fully saturated rings. The van der Waals surface area contributed by atoms with Crippen molar-refractivity contribution >= 4 is 33.3 Å². The SMILES string of the molecule is CCc1nc2ncc(-c3cccc(Cl)c3)c(-c3cccc(Br)c3)n2n1. The smallest absolute Gasteiger partial charge is 0.219 e. The molecule has 25 heavy (non-hydrogen) atoms. The quantitative estimate of drug-likeness (QED) is 0.449. The minimum Gasteiger partial charge on any atom is -0.219 e. The monoisotopic (exact) mass is 412 g/mol. The van der Waals surface area contributed by atoms with Crippen LogP contribution in [-0.4, -0.2) is 19.6 Å². The summed E-state index contributed by atoms with van der Waals surface area (Å²) in [6.45, 7) is 2.03. The van der Waals surface area contributed by atoms with Gasteiger partial charge in [-0.15, -0.1) is 5.10 Å². The molecule has 4 aromatic rings. The number of hydrogen-bond donors (Lipinski definition) is 0. The van der Waals surface area contributed by atoms with Crippen molar-refractivity contribution in [3.63, 3.8) is 0 Å². The Morgan fingerprint density at radius 1 is 1.08 bits per heavy atom. The fourth-order valence-electron chi connectivity index (χ4n) is 2.81. The zero-order valence-electron chi connectivity index (χ0n) is 13.4. The standard InChI is InChI=1S/C19H14BrClN4/c1-2-17-23-19-22-11-16(12-5-4-8-15(21)10-12)18(25(19)24-17)13-6-3-7-14(20)9-13/h3-11H,2H2,1H3. The molecule has 6 heteroatoms. The van der Waals surface area contributed by atoms with Crippen LogP contribution in [0.5, 0.6) is 0 Å². The first kappa shape index (κ1) is 16.2. The van der Waals surface area contributed by atoms with Gasteiger partial charge in [-0.3, -0.25) is 0 Å². The summed E-state index contributed by atoms with van der Waals surface area (Å²) in [6, 6.07) is 15.9. The van der Waals surface area contributed by atoms with Crippen molar-refractivity contribution in [1.29, 1.82) is 0 Å². The number of aryl methyl sites for hydroxylation is 1. The third kappa shape index (κ3) is 3.05. The van der Waals surface area contributed by atoms with Crippen LogP contribution in [0.3, 0.4) is 0 Å². The van der Waals surface area contributed by atoms with Gasteiger partial charge in [-0.05, 0) is 29.8 Å². The van der Waals surface area contributed by atoms with Crippen LogP contribution >= 0.6 is 27.5 Å². The van der Waals surface area contributed by atoms with Gasteiger partial charge in [0.1, 0.15) is 0 Å². The second-order valence-corrected chi connectivity index (χ2v) is 6.99. The number of fused-ring (bicyclic) bond motifs is 1. The first-order chi connectivity index (χ1) is 12.2. The van der Waals surface area contributed by atoms with Gasteiger partial charge in [-0.2, -0.15) is 9.50 Å². The molecule has 124 valence electrons. The van der Waals surface area contributed by atoms with E-state index in [1.54, 1.807) is 0 Å². The molecule has 2 aromatic carbocycles. The summed E-state index contributed by atoms with van der Waals surface area (Å²) >= 11 is 9.75. The first-order valence-corrected chi connectivity index (χ1v) is 9.09. The maximum atomic E-state index is 6.20. The summed E-state index contributed by atoms with van der Waals surface area (Å²) in [7, 11) is 0. The molecule has 0 saturated heterocycles. The summed E-state index contributed by atoms with van der Waals surface area (Å²) in [6.07, 6.45) is 2.60. The van der Waals surface area contributed by atoms with Gasteiger partial charge in [0.15, 0.2) is 5.82 Å². The van der Waals surface area contributed by atoms with E-state index < -0.39 is 0 Å². The largest absolute Gasteiger partial charge is 0.252 e. The van der Waals surface area contributed by atoms with Crippen molar-refractivity contribution in [1.82, 2.24) is 19.6 Å². The molecular formula is C19H14BrClN4. The van der Waals surface area contributed by atoms with Crippen LogP contribution in [-0.2, 0) is 6.42 Å². The second-order valence-electron chi connectivity index (χ2n) is 5.63. The van der Waals surface area contributed by atoms with Gasteiger partial charge in [0.2, 0.25) is 0 Å². The molecule has 0 radical (unpaired) electrons. The van der Waals surface area contributed by atoms with Crippen molar-refractivity contribution in [2.75, 3.05) is 0 Å². The van der Waals surface area contributed by atoms with Crippen molar-refractivity contribution in [2.24, 2.45) is 0 Å². The number of rotatable bonds is 3. The van der Waals surface area contributed by atoms with Crippen LogP contribution in [0.25, 0.3) is 28.2 Å². The molecule has 4 rings (SSSR count). The lowest BCUT2D eigenvalue weighted by molar-refractivity contribution is 0.886. The van der Waals surface area contributed by atoms with E-state index in [-0.39, 0.29) is 0 Å². The van der Waals surface area contributed by atoms with E-state index >= 15 is 0 Å². The topological polar surface area (TPSA) is 43.1 Å². The molecule has 0 spiro atoms. The van der Waals surface area contributed by atoms with Crippen LogP contribution in [0.15, 0.2) is 59.2 Å². The number of benzene rings is 2. The van der Waals surface area contributed by atoms with E-state index in [1.165, 1.54) is 0 Å². The fourth-order valence-corrected chi connectivity index (χ4v) is 3.40. The molecule has 4 nitrogen and oxygen atoms in total. The van der Waals surface area contributed by atoms with E-state index in [9.17, 15) is 0 Å². The minimum absolute atomic E-state index is 0.595. The highest BCUT2D eigenvalue weighted by Gasteiger charge is 2.16. The van der Waals surface area contributed by atoms with E-state index in [2.05, 4.69) is 43.1 Å². The average molecular weight is 414 g/mol. The van der Waals surface area contributed by atoms with Crippen LogP contribution in [0, 0.1) is 0 Å². The van der Waals surface area contributed by atoms with Gasteiger partial charge >= 0.3 is 0 Å². The van der Waals surface area contributed by atoms with Crippen LogP contribution in [0.4, 0.5) is 0 Å². The molecule has 0 atom stereocenters. The zero-order valence-corrected chi connectivity index (χ0v) is 15.8. The average Bonchev–Trinajstić information content (AvgIpc) is 3.04. The van der Waals surface area contributed by atoms with Gasteiger partial charge in [0.25, 0.3) is 5.78 Å². The Balaban J connectivity index is 2.07. The Labute approximate surface area is 158 Å². The van der Waals surface area contributed by atoms with E-state index in [4.69, 9.17) is 11.6 Å². The molecular weight excluding hydrogens is 400 g/mol. The highest BCUT2D eigenvalue weighted by molar-refractivity contribution is 9.10. The number of hydrogen-bond acceptors (Lipinski definition) is 3. The molecule has 0 aliphatic heterocycles. The van der Waals surface area contributed by atoms with Gasteiger partial charge in [0.05, 0.1) is 5.69 Å². The van der Waals surface area contributed by atoms with Gasteiger partial charge in [-0.1, -0.05) is 58.7 Å². The van der Waals surface area contributed by atoms with E-state index in [0.717, 1.165) is 39.1 Å². The molecule has 0 amide bonds. The normalized spacial score (nSPS) is 11.2.